The number of likely N-dealkylation sites (tertiary alicyclic amines) is 2. The van der Waals surface area contributed by atoms with Crippen LogP contribution in [-0.4, -0.2) is 74.3 Å². The predicted molar refractivity (Wildman–Crippen MR) is 227 cm³/mol. The van der Waals surface area contributed by atoms with Crippen molar-refractivity contribution >= 4 is 67.0 Å². The quantitative estimate of drug-likeness (QED) is 0.125. The second-order valence-corrected chi connectivity index (χ2v) is 17.3. The summed E-state index contributed by atoms with van der Waals surface area (Å²) in [5.74, 6) is 0.128. The molecule has 3 aliphatic rings. The van der Waals surface area contributed by atoms with Gasteiger partial charge in [-0.05, 0) is 53.9 Å². The highest BCUT2D eigenvalue weighted by atomic mass is 32.1. The molecular formula is C44H47N7O4S2. The van der Waals surface area contributed by atoms with Crippen molar-refractivity contribution in [3.05, 3.63) is 94.7 Å². The van der Waals surface area contributed by atoms with Crippen LogP contribution in [0.25, 0.3) is 37.4 Å². The number of allylic oxidation sites excluding steroid dienone is 1. The third-order valence-corrected chi connectivity index (χ3v) is 13.4. The molecule has 2 saturated heterocycles. The molecule has 3 aromatic heterocycles. The van der Waals surface area contributed by atoms with Gasteiger partial charge < -0.3 is 25.4 Å². The maximum absolute atomic E-state index is 13.9. The summed E-state index contributed by atoms with van der Waals surface area (Å²) in [4.78, 5) is 68.3. The van der Waals surface area contributed by atoms with Crippen molar-refractivity contribution in [2.24, 2.45) is 10.9 Å². The van der Waals surface area contributed by atoms with Gasteiger partial charge in [-0.25, -0.2) is 4.98 Å². The van der Waals surface area contributed by atoms with Crippen LogP contribution in [0.4, 0.5) is 0 Å². The lowest BCUT2D eigenvalue weighted by molar-refractivity contribution is -0.137. The fraction of sp³-hybridized carbons (Fsp3) is 0.364. The summed E-state index contributed by atoms with van der Waals surface area (Å²) >= 11 is 3.49. The Kier molecular flexibility index (Phi) is 10.9. The van der Waals surface area contributed by atoms with Gasteiger partial charge in [-0.1, -0.05) is 68.4 Å². The van der Waals surface area contributed by atoms with Crippen molar-refractivity contribution < 1.29 is 19.2 Å². The number of rotatable bonds is 11. The Balaban J connectivity index is 0.943. The molecule has 8 rings (SSSR count). The topological polar surface area (TPSA) is 140 Å². The fourth-order valence-electron chi connectivity index (χ4n) is 8.45. The van der Waals surface area contributed by atoms with Gasteiger partial charge in [0, 0.05) is 67.2 Å². The normalized spacial score (nSPS) is 19.2. The summed E-state index contributed by atoms with van der Waals surface area (Å²) in [6.07, 6.45) is 7.96. The number of aromatic nitrogens is 2. The Morgan fingerprint density at radius 1 is 0.789 bits per heavy atom. The van der Waals surface area contributed by atoms with E-state index in [0.29, 0.717) is 19.5 Å². The molecule has 0 bridgehead atoms. The van der Waals surface area contributed by atoms with E-state index in [9.17, 15) is 19.2 Å². The molecule has 0 saturated carbocycles. The van der Waals surface area contributed by atoms with Crippen LogP contribution in [0.1, 0.15) is 88.8 Å². The number of hydrogen-bond acceptors (Lipinski definition) is 8. The second-order valence-electron chi connectivity index (χ2n) is 15.5. The van der Waals surface area contributed by atoms with E-state index in [1.54, 1.807) is 22.7 Å². The average Bonchev–Trinajstić information content (AvgIpc) is 4.05. The van der Waals surface area contributed by atoms with Gasteiger partial charge in [-0.15, -0.1) is 22.7 Å². The lowest BCUT2D eigenvalue weighted by Gasteiger charge is -2.31. The van der Waals surface area contributed by atoms with E-state index in [1.807, 2.05) is 66.4 Å². The molecule has 6 heterocycles. The molecule has 0 aliphatic carbocycles. The van der Waals surface area contributed by atoms with Gasteiger partial charge in [0.1, 0.15) is 17.9 Å². The number of nitrogens with zero attached hydrogens (tertiary/aromatic N) is 4. The third kappa shape index (κ3) is 7.70. The largest absolute Gasteiger partial charge is 0.344 e. The lowest BCUT2D eigenvalue weighted by Crippen LogP contribution is -2.53. The van der Waals surface area contributed by atoms with Crippen LogP contribution in [0.2, 0.25) is 0 Å². The molecule has 3 N–H and O–H groups in total. The predicted octanol–water partition coefficient (Wildman–Crippen LogP) is 7.90. The third-order valence-electron chi connectivity index (χ3n) is 11.3. The van der Waals surface area contributed by atoms with E-state index in [0.717, 1.165) is 59.6 Å². The molecule has 0 spiro atoms. The van der Waals surface area contributed by atoms with Crippen molar-refractivity contribution in [3.63, 3.8) is 0 Å². The number of hydrogen-bond donors (Lipinski definition) is 3. The van der Waals surface area contributed by atoms with Gasteiger partial charge in [-0.3, -0.25) is 24.2 Å². The molecule has 3 unspecified atom stereocenters. The summed E-state index contributed by atoms with van der Waals surface area (Å²) in [6.45, 7) is 8.10. The van der Waals surface area contributed by atoms with Crippen molar-refractivity contribution in [2.45, 2.75) is 84.0 Å². The number of nitrogens with one attached hydrogen (secondary N) is 3. The highest BCUT2D eigenvalue weighted by Gasteiger charge is 2.39. The SMILES string of the molecule is CC(=O)NC(C(=O)N1CCCC1c1ncc(-c2ccc(-c3csc4c(C5=CN=C(C6CCCN6C(=O)[C@@H](NC(C)=O)C(C)C)C5)csc34)cc2)[nH]1)c1ccccc1. The van der Waals surface area contributed by atoms with Gasteiger partial charge in [-0.2, -0.15) is 0 Å². The summed E-state index contributed by atoms with van der Waals surface area (Å²) < 4.78 is 2.49. The number of thiophene rings is 2. The minimum Gasteiger partial charge on any atom is -0.344 e. The van der Waals surface area contributed by atoms with Crippen LogP contribution in [0.15, 0.2) is 82.7 Å². The van der Waals surface area contributed by atoms with Gasteiger partial charge in [0.05, 0.1) is 33.4 Å². The smallest absolute Gasteiger partial charge is 0.250 e. The number of fused-ring (bicyclic) bond motifs is 1. The molecule has 0 radical (unpaired) electrons. The molecule has 2 aromatic carbocycles. The lowest BCUT2D eigenvalue weighted by atomic mass is 9.98. The molecule has 4 atom stereocenters. The Bertz CT molecular complexity index is 2370. The number of aromatic amines is 1. The van der Waals surface area contributed by atoms with Crippen LogP contribution < -0.4 is 10.6 Å². The van der Waals surface area contributed by atoms with Crippen molar-refractivity contribution in [1.29, 1.82) is 0 Å². The Morgan fingerprint density at radius 2 is 1.42 bits per heavy atom. The molecule has 4 amide bonds. The number of carbonyl (C=O) groups is 4. The zero-order valence-corrected chi connectivity index (χ0v) is 34.2. The number of imidazole rings is 1. The monoisotopic (exact) mass is 801 g/mol. The summed E-state index contributed by atoms with van der Waals surface area (Å²) in [5.41, 5.74) is 8.36. The Labute approximate surface area is 340 Å². The van der Waals surface area contributed by atoms with Crippen LogP contribution >= 0.6 is 22.7 Å². The van der Waals surface area contributed by atoms with E-state index in [1.165, 1.54) is 39.9 Å². The maximum Gasteiger partial charge on any atom is 0.250 e. The molecule has 2 fully saturated rings. The molecule has 11 nitrogen and oxygen atoms in total. The highest BCUT2D eigenvalue weighted by Crippen LogP contribution is 2.44. The zero-order chi connectivity index (χ0) is 39.8. The molecule has 13 heteroatoms. The number of benzene rings is 2. The highest BCUT2D eigenvalue weighted by molar-refractivity contribution is 7.27. The zero-order valence-electron chi connectivity index (χ0n) is 32.6. The van der Waals surface area contributed by atoms with E-state index >= 15 is 0 Å². The van der Waals surface area contributed by atoms with Gasteiger partial charge in [0.15, 0.2) is 0 Å². The first-order valence-corrected chi connectivity index (χ1v) is 21.4. The molecule has 5 aromatic rings. The molecule has 57 heavy (non-hydrogen) atoms. The number of carbonyl (C=O) groups excluding carboxylic acids is 4. The van der Waals surface area contributed by atoms with Crippen LogP contribution in [0, 0.1) is 5.92 Å². The second kappa shape index (κ2) is 16.2. The van der Waals surface area contributed by atoms with Crippen molar-refractivity contribution in [3.8, 4) is 22.4 Å². The molecular weight excluding hydrogens is 755 g/mol. The summed E-state index contributed by atoms with van der Waals surface area (Å²) in [7, 11) is 0. The Hall–Kier alpha value is -5.40. The standard InChI is InChI=1S/C44H47N7O4S2/c1-25(2)38(47-26(3)52)43(54)50-18-8-12-36(50)34-20-31(21-45-34)33-24-57-40-32(23-56-41(33)40)28-14-16-29(17-15-28)35-22-46-42(49-35)37-13-9-19-51(37)44(55)39(48-27(4)53)30-10-6-5-7-11-30/h5-7,10-11,14-17,21-25,36-39H,8-9,12-13,18-20H2,1-4H3,(H,46,49)(H,47,52)(H,48,53)/t36?,37?,38-,39?/m0/s1. The van der Waals surface area contributed by atoms with E-state index in [2.05, 4.69) is 50.6 Å². The van der Waals surface area contributed by atoms with E-state index in [-0.39, 0.29) is 41.6 Å². The first kappa shape index (κ1) is 38.5. The van der Waals surface area contributed by atoms with Gasteiger partial charge in [0.2, 0.25) is 23.6 Å². The number of amides is 4. The average molecular weight is 802 g/mol. The van der Waals surface area contributed by atoms with Crippen LogP contribution in [0.3, 0.4) is 0 Å². The summed E-state index contributed by atoms with van der Waals surface area (Å²) in [5, 5.41) is 10.2. The van der Waals surface area contributed by atoms with E-state index < -0.39 is 12.1 Å². The van der Waals surface area contributed by atoms with E-state index in [4.69, 9.17) is 9.98 Å². The van der Waals surface area contributed by atoms with Crippen molar-refractivity contribution in [2.75, 3.05) is 13.1 Å². The minimum absolute atomic E-state index is 0.00683. The maximum atomic E-state index is 13.9. The fourth-order valence-corrected chi connectivity index (χ4v) is 10.9. The summed E-state index contributed by atoms with van der Waals surface area (Å²) in [6, 6.07) is 16.3. The molecule has 294 valence electrons. The van der Waals surface area contributed by atoms with Gasteiger partial charge in [0.25, 0.3) is 0 Å². The van der Waals surface area contributed by atoms with Crippen LogP contribution in [0.5, 0.6) is 0 Å². The number of H-pyrrole nitrogens is 1. The van der Waals surface area contributed by atoms with Crippen LogP contribution in [-0.2, 0) is 19.2 Å². The molecule has 3 aliphatic heterocycles. The first-order valence-electron chi connectivity index (χ1n) is 19.7. The minimum atomic E-state index is -0.754. The number of aliphatic imine (C=N–C) groups is 1. The van der Waals surface area contributed by atoms with Gasteiger partial charge >= 0.3 is 0 Å². The Morgan fingerprint density at radius 3 is 2.11 bits per heavy atom. The first-order chi connectivity index (χ1) is 27.6. The van der Waals surface area contributed by atoms with Crippen molar-refractivity contribution in [1.82, 2.24) is 30.4 Å².